The fraction of sp³-hybridized carbons (Fsp3) is 0.943. The van der Waals surface area contributed by atoms with Crippen molar-refractivity contribution >= 4 is 39.5 Å². The molecule has 19 heteroatoms. The first-order valence-corrected chi connectivity index (χ1v) is 39.7. The van der Waals surface area contributed by atoms with Crippen molar-refractivity contribution in [2.75, 3.05) is 39.6 Å². The third kappa shape index (κ3) is 63.2. The quantitative estimate of drug-likeness (QED) is 0.0222. The van der Waals surface area contributed by atoms with Crippen molar-refractivity contribution in [1.29, 1.82) is 0 Å². The van der Waals surface area contributed by atoms with Crippen LogP contribution >= 0.6 is 15.6 Å². The Kier molecular flexibility index (Phi) is 62.1. The molecule has 3 N–H and O–H groups in total. The van der Waals surface area contributed by atoms with E-state index in [1.807, 2.05) is 0 Å². The van der Waals surface area contributed by atoms with E-state index in [9.17, 15) is 43.2 Å². The summed E-state index contributed by atoms with van der Waals surface area (Å²) in [5.74, 6) is -1.26. The van der Waals surface area contributed by atoms with E-state index in [4.69, 9.17) is 37.0 Å². The van der Waals surface area contributed by atoms with Crippen LogP contribution < -0.4 is 0 Å². The van der Waals surface area contributed by atoms with Crippen LogP contribution in [-0.2, 0) is 65.4 Å². The lowest BCUT2D eigenvalue weighted by Gasteiger charge is -2.21. The van der Waals surface area contributed by atoms with E-state index in [2.05, 4.69) is 34.6 Å². The maximum absolute atomic E-state index is 13.0. The maximum Gasteiger partial charge on any atom is 0.472 e. The van der Waals surface area contributed by atoms with E-state index in [0.717, 1.165) is 121 Å². The number of phosphoric acid groups is 2. The summed E-state index contributed by atoms with van der Waals surface area (Å²) >= 11 is 0. The number of hydrogen-bond donors (Lipinski definition) is 3. The molecule has 17 nitrogen and oxygen atoms in total. The maximum atomic E-state index is 13.0. The molecule has 0 amide bonds. The average molecular weight is 1310 g/mol. The molecule has 0 aliphatic carbocycles. The molecule has 0 fully saturated rings. The zero-order valence-corrected chi connectivity index (χ0v) is 59.4. The first kappa shape index (κ1) is 87.1. The van der Waals surface area contributed by atoms with Gasteiger partial charge in [0.1, 0.15) is 19.3 Å². The van der Waals surface area contributed by atoms with Gasteiger partial charge in [-0.3, -0.25) is 37.3 Å². The van der Waals surface area contributed by atoms with Crippen molar-refractivity contribution in [2.45, 2.75) is 380 Å². The summed E-state index contributed by atoms with van der Waals surface area (Å²) in [7, 11) is -9.88. The van der Waals surface area contributed by atoms with Crippen LogP contribution in [0.5, 0.6) is 0 Å². The van der Waals surface area contributed by atoms with Gasteiger partial charge in [-0.2, -0.15) is 0 Å². The van der Waals surface area contributed by atoms with Gasteiger partial charge >= 0.3 is 39.5 Å². The molecule has 0 aliphatic rings. The predicted molar refractivity (Wildman–Crippen MR) is 358 cm³/mol. The number of carbonyl (C=O) groups is 4. The Morgan fingerprint density at radius 3 is 0.798 bits per heavy atom. The third-order valence-electron chi connectivity index (χ3n) is 16.6. The minimum Gasteiger partial charge on any atom is -0.462 e. The van der Waals surface area contributed by atoms with E-state index in [-0.39, 0.29) is 25.7 Å². The number of aliphatic hydroxyl groups is 1. The fourth-order valence-electron chi connectivity index (χ4n) is 10.6. The molecule has 0 aromatic heterocycles. The molecule has 89 heavy (non-hydrogen) atoms. The highest BCUT2D eigenvalue weighted by atomic mass is 31.2. The largest absolute Gasteiger partial charge is 0.472 e. The molecule has 0 aliphatic heterocycles. The standard InChI is InChI=1S/C70H136O17P2/c1-6-10-13-16-19-20-21-28-32-35-40-44-49-54-68(73)81-60-66(87-70(75)56-51-46-41-36-33-30-27-25-23-22-24-26-29-31-34-39-42-47-52-63(5)9-4)62-85-89(78,79)83-58-64(71)57-82-88(76,77)84-61-65(86-69(74)55-50-45-38-18-15-12-8-3)59-80-67(72)53-48-43-37-17-14-11-7-2/h63-66,71H,6-62H2,1-5H3,(H,76,77)(H,78,79)/t63?,64-,65+,66+/m0/s1. The second-order valence-corrected chi connectivity index (χ2v) is 28.4. The summed E-state index contributed by atoms with van der Waals surface area (Å²) in [6, 6.07) is 0. The number of ether oxygens (including phenoxy) is 4. The molecule has 0 spiro atoms. The van der Waals surface area contributed by atoms with E-state index >= 15 is 0 Å². The lowest BCUT2D eigenvalue weighted by molar-refractivity contribution is -0.161. The monoisotopic (exact) mass is 1310 g/mol. The van der Waals surface area contributed by atoms with Crippen molar-refractivity contribution in [3.63, 3.8) is 0 Å². The zero-order chi connectivity index (χ0) is 65.6. The number of carbonyl (C=O) groups excluding carboxylic acids is 4. The molecule has 0 radical (unpaired) electrons. The van der Waals surface area contributed by atoms with Gasteiger partial charge in [0.05, 0.1) is 26.4 Å². The van der Waals surface area contributed by atoms with Gasteiger partial charge in [-0.25, -0.2) is 9.13 Å². The Bertz CT molecular complexity index is 1720. The van der Waals surface area contributed by atoms with Gasteiger partial charge in [-0.05, 0) is 31.6 Å². The summed E-state index contributed by atoms with van der Waals surface area (Å²) < 4.78 is 68.0. The smallest absolute Gasteiger partial charge is 0.462 e. The van der Waals surface area contributed by atoms with Crippen molar-refractivity contribution in [3.8, 4) is 0 Å². The first-order valence-electron chi connectivity index (χ1n) is 36.7. The van der Waals surface area contributed by atoms with Gasteiger partial charge < -0.3 is 33.8 Å². The molecule has 0 rings (SSSR count). The van der Waals surface area contributed by atoms with Gasteiger partial charge in [0.2, 0.25) is 0 Å². The molecule has 0 aromatic carbocycles. The molecule has 528 valence electrons. The topological polar surface area (TPSA) is 237 Å². The number of hydrogen-bond acceptors (Lipinski definition) is 15. The number of unbranched alkanes of at least 4 members (excludes halogenated alkanes) is 41. The van der Waals surface area contributed by atoms with Crippen LogP contribution in [0.2, 0.25) is 0 Å². The summed E-state index contributed by atoms with van der Waals surface area (Å²) in [5, 5.41) is 10.5. The van der Waals surface area contributed by atoms with Gasteiger partial charge in [0.15, 0.2) is 12.2 Å². The van der Waals surface area contributed by atoms with Crippen molar-refractivity contribution in [3.05, 3.63) is 0 Å². The number of esters is 4. The number of rotatable bonds is 70. The van der Waals surface area contributed by atoms with Crippen LogP contribution in [0.1, 0.15) is 362 Å². The Morgan fingerprint density at radius 1 is 0.315 bits per heavy atom. The van der Waals surface area contributed by atoms with Crippen molar-refractivity contribution in [2.24, 2.45) is 5.92 Å². The molecule has 0 heterocycles. The van der Waals surface area contributed by atoms with E-state index in [1.54, 1.807) is 0 Å². The summed E-state index contributed by atoms with van der Waals surface area (Å²) in [4.78, 5) is 72.2. The predicted octanol–water partition coefficient (Wildman–Crippen LogP) is 20.1. The van der Waals surface area contributed by atoms with E-state index in [0.29, 0.717) is 25.7 Å². The highest BCUT2D eigenvalue weighted by molar-refractivity contribution is 7.47. The highest BCUT2D eigenvalue weighted by Crippen LogP contribution is 2.45. The normalized spacial score (nSPS) is 14.4. The first-order chi connectivity index (χ1) is 43.1. The molecule has 0 aromatic rings. The molecule has 0 saturated heterocycles. The van der Waals surface area contributed by atoms with Crippen LogP contribution in [-0.4, -0.2) is 96.7 Å². The summed E-state index contributed by atoms with van der Waals surface area (Å²) in [6.07, 6.45) is 50.3. The van der Waals surface area contributed by atoms with Crippen LogP contribution in [0.15, 0.2) is 0 Å². The van der Waals surface area contributed by atoms with Gasteiger partial charge in [0, 0.05) is 25.7 Å². The van der Waals surface area contributed by atoms with E-state index in [1.165, 1.54) is 161 Å². The second kappa shape index (κ2) is 63.5. The van der Waals surface area contributed by atoms with Crippen LogP contribution in [0, 0.1) is 5.92 Å². The molecular formula is C70H136O17P2. The Morgan fingerprint density at radius 2 is 0.539 bits per heavy atom. The van der Waals surface area contributed by atoms with Crippen LogP contribution in [0.25, 0.3) is 0 Å². The number of phosphoric ester groups is 2. The Balaban J connectivity index is 5.09. The van der Waals surface area contributed by atoms with Crippen molar-refractivity contribution < 1.29 is 80.2 Å². The molecule has 3 unspecified atom stereocenters. The van der Waals surface area contributed by atoms with Gasteiger partial charge in [-0.1, -0.05) is 311 Å². The summed E-state index contributed by atoms with van der Waals surface area (Å²) in [5.41, 5.74) is 0. The zero-order valence-electron chi connectivity index (χ0n) is 57.6. The molecule has 0 saturated carbocycles. The molecule has 6 atom stereocenters. The van der Waals surface area contributed by atoms with Gasteiger partial charge in [0.25, 0.3) is 0 Å². The Hall–Kier alpha value is -1.94. The molecule has 0 bridgehead atoms. The molecular weight excluding hydrogens is 1170 g/mol. The second-order valence-electron chi connectivity index (χ2n) is 25.5. The average Bonchev–Trinajstić information content (AvgIpc) is 3.52. The SMILES string of the molecule is CCCCCCCCCCCCCCCC(=O)OC[C@H](COP(=O)(O)OC[C@@H](O)COP(=O)(O)OC[C@@H](COC(=O)CCCCCCCCC)OC(=O)CCCCCCCCC)OC(=O)CCCCCCCCCCCCCCCCCCCCC(C)CC. The summed E-state index contributed by atoms with van der Waals surface area (Å²) in [6.45, 7) is 7.22. The van der Waals surface area contributed by atoms with Crippen LogP contribution in [0.4, 0.5) is 0 Å². The Labute approximate surface area is 543 Å². The third-order valence-corrected chi connectivity index (χ3v) is 18.5. The lowest BCUT2D eigenvalue weighted by atomic mass is 9.99. The van der Waals surface area contributed by atoms with Gasteiger partial charge in [-0.15, -0.1) is 0 Å². The lowest BCUT2D eigenvalue weighted by Crippen LogP contribution is -2.30. The number of aliphatic hydroxyl groups excluding tert-OH is 1. The van der Waals surface area contributed by atoms with E-state index < -0.39 is 97.5 Å². The highest BCUT2D eigenvalue weighted by Gasteiger charge is 2.30. The minimum absolute atomic E-state index is 0.104. The minimum atomic E-state index is -4.95. The van der Waals surface area contributed by atoms with Crippen molar-refractivity contribution in [1.82, 2.24) is 0 Å². The fourth-order valence-corrected chi connectivity index (χ4v) is 12.2. The van der Waals surface area contributed by atoms with Crippen LogP contribution in [0.3, 0.4) is 0 Å².